The third-order valence-corrected chi connectivity index (χ3v) is 5.11. The molecule has 0 aromatic heterocycles. The van der Waals surface area contributed by atoms with Crippen molar-refractivity contribution in [1.82, 2.24) is 4.90 Å². The van der Waals surface area contributed by atoms with Crippen LogP contribution in [0.15, 0.2) is 11.3 Å². The highest BCUT2D eigenvalue weighted by atomic mass is 32.2. The van der Waals surface area contributed by atoms with Crippen molar-refractivity contribution in [2.75, 3.05) is 13.2 Å². The third-order valence-electron chi connectivity index (χ3n) is 4.12. The SMILES string of the molecule is CCN(C(C)C)C(C)C.CCOC(=O)C1=C(OS(=O)(=O)C(F)(F)F)CCCC1. The van der Waals surface area contributed by atoms with Crippen LogP contribution >= 0.6 is 0 Å². The molecule has 0 amide bonds. The lowest BCUT2D eigenvalue weighted by Crippen LogP contribution is -2.36. The number of esters is 1. The summed E-state index contributed by atoms with van der Waals surface area (Å²) in [6.45, 7) is 13.9. The van der Waals surface area contributed by atoms with Crippen molar-refractivity contribution in [3.05, 3.63) is 11.3 Å². The van der Waals surface area contributed by atoms with Gasteiger partial charge in [0.15, 0.2) is 0 Å². The number of halogens is 3. The van der Waals surface area contributed by atoms with Gasteiger partial charge in [-0.05, 0) is 60.4 Å². The fourth-order valence-corrected chi connectivity index (χ4v) is 3.45. The number of hydrogen-bond acceptors (Lipinski definition) is 6. The van der Waals surface area contributed by atoms with Crippen molar-refractivity contribution in [2.45, 2.75) is 84.8 Å². The van der Waals surface area contributed by atoms with Gasteiger partial charge in [0.1, 0.15) is 5.76 Å². The van der Waals surface area contributed by atoms with E-state index in [-0.39, 0.29) is 25.0 Å². The Labute approximate surface area is 166 Å². The molecule has 10 heteroatoms. The summed E-state index contributed by atoms with van der Waals surface area (Å²) in [6.07, 6.45) is 1.11. The number of allylic oxidation sites excluding steroid dienone is 1. The standard InChI is InChI=1S/C10H13F3O5S.C8H19N/c1-2-17-9(14)7-5-3-4-6-8(7)18-19(15,16)10(11,12)13;1-6-9(7(2)3)8(4)5/h2-6H2,1H3;7-8H,6H2,1-5H3. The number of alkyl halides is 3. The zero-order chi connectivity index (χ0) is 22.1. The number of carbonyl (C=O) groups is 1. The van der Waals surface area contributed by atoms with E-state index in [1.807, 2.05) is 0 Å². The number of carbonyl (C=O) groups excluding carboxylic acids is 1. The second-order valence-corrected chi connectivity index (χ2v) is 8.37. The van der Waals surface area contributed by atoms with E-state index in [4.69, 9.17) is 0 Å². The molecule has 166 valence electrons. The summed E-state index contributed by atoms with van der Waals surface area (Å²) in [4.78, 5) is 14.0. The number of nitrogens with zero attached hydrogens (tertiary/aromatic N) is 1. The van der Waals surface area contributed by atoms with Gasteiger partial charge in [-0.3, -0.25) is 4.90 Å². The van der Waals surface area contributed by atoms with Gasteiger partial charge in [0, 0.05) is 18.5 Å². The van der Waals surface area contributed by atoms with Crippen molar-refractivity contribution in [3.63, 3.8) is 0 Å². The molecule has 0 saturated heterocycles. The van der Waals surface area contributed by atoms with Crippen LogP contribution in [0.5, 0.6) is 0 Å². The first kappa shape index (κ1) is 26.7. The van der Waals surface area contributed by atoms with Crippen LogP contribution in [0.2, 0.25) is 0 Å². The summed E-state index contributed by atoms with van der Waals surface area (Å²) >= 11 is 0. The van der Waals surface area contributed by atoms with Gasteiger partial charge in [0.25, 0.3) is 0 Å². The van der Waals surface area contributed by atoms with Gasteiger partial charge in [0.05, 0.1) is 12.2 Å². The van der Waals surface area contributed by atoms with E-state index in [1.165, 1.54) is 6.92 Å². The first-order valence-electron chi connectivity index (χ1n) is 9.44. The first-order chi connectivity index (χ1) is 12.8. The fraction of sp³-hybridized carbons (Fsp3) is 0.833. The fourth-order valence-electron chi connectivity index (χ4n) is 2.91. The molecule has 0 saturated carbocycles. The molecule has 0 fully saturated rings. The minimum Gasteiger partial charge on any atom is -0.463 e. The number of ether oxygens (including phenoxy) is 1. The Kier molecular flexibility index (Phi) is 11.1. The largest absolute Gasteiger partial charge is 0.534 e. The van der Waals surface area contributed by atoms with Crippen molar-refractivity contribution in [2.24, 2.45) is 0 Å². The Morgan fingerprint density at radius 3 is 1.93 bits per heavy atom. The Balaban J connectivity index is 0.000000684. The molecule has 0 heterocycles. The Hall–Kier alpha value is -1.29. The van der Waals surface area contributed by atoms with Crippen molar-refractivity contribution in [1.29, 1.82) is 0 Å². The lowest BCUT2D eigenvalue weighted by Gasteiger charge is -2.28. The summed E-state index contributed by atoms with van der Waals surface area (Å²) in [5.41, 5.74) is -5.65. The van der Waals surface area contributed by atoms with Crippen LogP contribution in [0.3, 0.4) is 0 Å². The molecule has 0 aromatic rings. The minimum absolute atomic E-state index is 0.0382. The molecule has 28 heavy (non-hydrogen) atoms. The van der Waals surface area contributed by atoms with Crippen LogP contribution in [0.1, 0.15) is 67.2 Å². The second kappa shape index (κ2) is 11.6. The zero-order valence-electron chi connectivity index (χ0n) is 17.4. The summed E-state index contributed by atoms with van der Waals surface area (Å²) in [5.74, 6) is -1.31. The molecule has 1 aliphatic rings. The van der Waals surface area contributed by atoms with Crippen LogP contribution in [0.25, 0.3) is 0 Å². The van der Waals surface area contributed by atoms with Crippen molar-refractivity contribution < 1.29 is 35.3 Å². The van der Waals surface area contributed by atoms with Crippen molar-refractivity contribution in [3.8, 4) is 0 Å². The maximum Gasteiger partial charge on any atom is 0.534 e. The quantitative estimate of drug-likeness (QED) is 0.339. The topological polar surface area (TPSA) is 72.9 Å². The predicted octanol–water partition coefficient (Wildman–Crippen LogP) is 4.37. The van der Waals surface area contributed by atoms with Gasteiger partial charge in [-0.2, -0.15) is 21.6 Å². The van der Waals surface area contributed by atoms with E-state index in [2.05, 4.69) is 48.4 Å². The summed E-state index contributed by atoms with van der Waals surface area (Å²) < 4.78 is 67.2. The lowest BCUT2D eigenvalue weighted by atomic mass is 9.98. The van der Waals surface area contributed by atoms with Crippen LogP contribution in [0, 0.1) is 0 Å². The van der Waals surface area contributed by atoms with E-state index in [1.54, 1.807) is 0 Å². The maximum atomic E-state index is 12.2. The van der Waals surface area contributed by atoms with Gasteiger partial charge in [-0.15, -0.1) is 0 Å². The van der Waals surface area contributed by atoms with Crippen LogP contribution < -0.4 is 0 Å². The van der Waals surface area contributed by atoms with Gasteiger partial charge in [-0.1, -0.05) is 6.92 Å². The molecule has 0 radical (unpaired) electrons. The van der Waals surface area contributed by atoms with E-state index < -0.39 is 27.4 Å². The van der Waals surface area contributed by atoms with Gasteiger partial charge in [0.2, 0.25) is 0 Å². The predicted molar refractivity (Wildman–Crippen MR) is 101 cm³/mol. The second-order valence-electron chi connectivity index (χ2n) is 6.83. The van der Waals surface area contributed by atoms with E-state index >= 15 is 0 Å². The van der Waals surface area contributed by atoms with E-state index in [0.29, 0.717) is 24.9 Å². The molecule has 6 nitrogen and oxygen atoms in total. The molecule has 1 rings (SSSR count). The smallest absolute Gasteiger partial charge is 0.463 e. The summed E-state index contributed by atoms with van der Waals surface area (Å²) in [5, 5.41) is 0. The minimum atomic E-state index is -5.74. The summed E-state index contributed by atoms with van der Waals surface area (Å²) in [7, 11) is -5.74. The summed E-state index contributed by atoms with van der Waals surface area (Å²) in [6, 6.07) is 1.38. The third kappa shape index (κ3) is 8.38. The Morgan fingerprint density at radius 1 is 1.07 bits per heavy atom. The normalized spacial score (nSPS) is 15.6. The molecule has 0 N–H and O–H groups in total. The number of rotatable bonds is 7. The first-order valence-corrected chi connectivity index (χ1v) is 10.8. The lowest BCUT2D eigenvalue weighted by molar-refractivity contribution is -0.139. The molecular weight excluding hydrogens is 399 g/mol. The Morgan fingerprint density at radius 2 is 1.57 bits per heavy atom. The molecule has 0 atom stereocenters. The van der Waals surface area contributed by atoms with Gasteiger partial charge in [-0.25, -0.2) is 4.79 Å². The highest BCUT2D eigenvalue weighted by Gasteiger charge is 2.49. The van der Waals surface area contributed by atoms with E-state index in [9.17, 15) is 26.4 Å². The number of hydrogen-bond donors (Lipinski definition) is 0. The molecule has 0 aliphatic heterocycles. The van der Waals surface area contributed by atoms with Crippen LogP contribution in [0.4, 0.5) is 13.2 Å². The average Bonchev–Trinajstić information content (AvgIpc) is 2.54. The van der Waals surface area contributed by atoms with Crippen LogP contribution in [-0.4, -0.2) is 50.0 Å². The van der Waals surface area contributed by atoms with Crippen molar-refractivity contribution >= 4 is 16.1 Å². The van der Waals surface area contributed by atoms with Crippen LogP contribution in [-0.2, 0) is 23.8 Å². The Bertz CT molecular complexity index is 620. The highest BCUT2D eigenvalue weighted by Crippen LogP contribution is 2.32. The molecule has 0 spiro atoms. The highest BCUT2D eigenvalue weighted by molar-refractivity contribution is 7.87. The molecular formula is C18H32F3NO5S. The molecule has 1 aliphatic carbocycles. The molecule has 0 bridgehead atoms. The van der Waals surface area contributed by atoms with Gasteiger partial charge < -0.3 is 8.92 Å². The average molecular weight is 432 g/mol. The zero-order valence-corrected chi connectivity index (χ0v) is 18.2. The van der Waals surface area contributed by atoms with Gasteiger partial charge >= 0.3 is 21.6 Å². The molecule has 0 aromatic carbocycles. The molecule has 0 unspecified atom stereocenters. The van der Waals surface area contributed by atoms with E-state index in [0.717, 1.165) is 6.54 Å². The maximum absolute atomic E-state index is 12.2. The monoisotopic (exact) mass is 431 g/mol.